The second-order valence-electron chi connectivity index (χ2n) is 8.13. The average Bonchev–Trinajstić information content (AvgIpc) is 3.22. The van der Waals surface area contributed by atoms with Gasteiger partial charge in [0, 0.05) is 48.9 Å². The maximum Gasteiger partial charge on any atom is 0.242 e. The number of amides is 1. The van der Waals surface area contributed by atoms with Crippen molar-refractivity contribution in [2.75, 3.05) is 18.4 Å². The highest BCUT2D eigenvalue weighted by Crippen LogP contribution is 2.31. The number of carbonyl (C=O) groups excluding carboxylic acids is 1. The number of hydrogen-bond acceptors (Lipinski definition) is 7. The van der Waals surface area contributed by atoms with E-state index >= 15 is 0 Å². The molecule has 30 heavy (non-hydrogen) atoms. The summed E-state index contributed by atoms with van der Waals surface area (Å²) in [6.45, 7) is 4.95. The van der Waals surface area contributed by atoms with Gasteiger partial charge in [0.15, 0.2) is 5.13 Å². The second-order valence-corrected chi connectivity index (χ2v) is 9.16. The lowest BCUT2D eigenvalue weighted by molar-refractivity contribution is -0.136. The SMILES string of the molecule is CC(C)(N)C(=O)N1CCC(c2cccc(Nc3ncc(-c4cccnc4)s3)n2)CC1. The van der Waals surface area contributed by atoms with E-state index in [-0.39, 0.29) is 5.91 Å². The van der Waals surface area contributed by atoms with Gasteiger partial charge in [-0.1, -0.05) is 23.5 Å². The van der Waals surface area contributed by atoms with E-state index in [1.165, 1.54) is 0 Å². The van der Waals surface area contributed by atoms with Crippen molar-refractivity contribution < 1.29 is 4.79 Å². The molecule has 1 fully saturated rings. The van der Waals surface area contributed by atoms with Gasteiger partial charge in [0.2, 0.25) is 5.91 Å². The van der Waals surface area contributed by atoms with Crippen LogP contribution in [0.25, 0.3) is 10.4 Å². The van der Waals surface area contributed by atoms with E-state index in [9.17, 15) is 4.79 Å². The summed E-state index contributed by atoms with van der Waals surface area (Å²) in [7, 11) is 0. The molecule has 0 atom stereocenters. The molecule has 0 saturated carbocycles. The van der Waals surface area contributed by atoms with Crippen LogP contribution in [0.4, 0.5) is 10.9 Å². The number of nitrogens with two attached hydrogens (primary N) is 1. The molecule has 3 N–H and O–H groups in total. The lowest BCUT2D eigenvalue weighted by Crippen LogP contribution is -2.53. The van der Waals surface area contributed by atoms with Gasteiger partial charge in [-0.05, 0) is 44.9 Å². The van der Waals surface area contributed by atoms with Crippen molar-refractivity contribution in [3.63, 3.8) is 0 Å². The van der Waals surface area contributed by atoms with Gasteiger partial charge < -0.3 is 16.0 Å². The zero-order valence-corrected chi connectivity index (χ0v) is 18.0. The molecule has 1 aliphatic heterocycles. The number of piperidine rings is 1. The van der Waals surface area contributed by atoms with Crippen LogP contribution < -0.4 is 11.1 Å². The number of rotatable bonds is 5. The molecule has 1 amide bonds. The predicted molar refractivity (Wildman–Crippen MR) is 120 cm³/mol. The van der Waals surface area contributed by atoms with Gasteiger partial charge in [0.1, 0.15) is 5.82 Å². The quantitative estimate of drug-likeness (QED) is 0.649. The largest absolute Gasteiger partial charge is 0.341 e. The van der Waals surface area contributed by atoms with E-state index in [1.807, 2.05) is 41.6 Å². The van der Waals surface area contributed by atoms with Crippen molar-refractivity contribution in [3.8, 4) is 10.4 Å². The molecule has 0 radical (unpaired) electrons. The highest BCUT2D eigenvalue weighted by atomic mass is 32.1. The molecular weight excluding hydrogens is 396 g/mol. The van der Waals surface area contributed by atoms with Crippen LogP contribution in [0.3, 0.4) is 0 Å². The molecule has 0 aliphatic carbocycles. The van der Waals surface area contributed by atoms with Crippen LogP contribution in [-0.4, -0.2) is 44.4 Å². The summed E-state index contributed by atoms with van der Waals surface area (Å²) in [6.07, 6.45) is 7.22. The first kappa shape index (κ1) is 20.4. The Morgan fingerprint density at radius 1 is 1.20 bits per heavy atom. The van der Waals surface area contributed by atoms with Gasteiger partial charge in [-0.15, -0.1) is 0 Å². The van der Waals surface area contributed by atoms with Crippen molar-refractivity contribution in [3.05, 3.63) is 54.6 Å². The van der Waals surface area contributed by atoms with Crippen molar-refractivity contribution in [1.29, 1.82) is 0 Å². The van der Waals surface area contributed by atoms with Gasteiger partial charge in [-0.3, -0.25) is 9.78 Å². The Kier molecular flexibility index (Phi) is 5.78. The van der Waals surface area contributed by atoms with E-state index in [0.717, 1.165) is 39.9 Å². The van der Waals surface area contributed by atoms with E-state index in [2.05, 4.69) is 21.4 Å². The highest BCUT2D eigenvalue weighted by molar-refractivity contribution is 7.18. The third kappa shape index (κ3) is 4.66. The van der Waals surface area contributed by atoms with Crippen molar-refractivity contribution >= 4 is 28.2 Å². The first-order valence-electron chi connectivity index (χ1n) is 10.1. The van der Waals surface area contributed by atoms with Gasteiger partial charge in [0.25, 0.3) is 0 Å². The van der Waals surface area contributed by atoms with Crippen LogP contribution in [0.5, 0.6) is 0 Å². The Labute approximate surface area is 180 Å². The van der Waals surface area contributed by atoms with E-state index in [4.69, 9.17) is 10.7 Å². The topological polar surface area (TPSA) is 97.0 Å². The third-order valence-electron chi connectivity index (χ3n) is 5.21. The first-order valence-corrected chi connectivity index (χ1v) is 10.9. The maximum atomic E-state index is 12.4. The van der Waals surface area contributed by atoms with E-state index in [0.29, 0.717) is 19.0 Å². The van der Waals surface area contributed by atoms with Gasteiger partial charge in [-0.25, -0.2) is 9.97 Å². The molecule has 4 rings (SSSR count). The number of anilines is 2. The number of carbonyl (C=O) groups is 1. The number of nitrogens with zero attached hydrogens (tertiary/aromatic N) is 4. The number of pyridine rings is 2. The fourth-order valence-electron chi connectivity index (χ4n) is 3.62. The van der Waals surface area contributed by atoms with Gasteiger partial charge in [0.05, 0.1) is 10.4 Å². The van der Waals surface area contributed by atoms with Gasteiger partial charge in [-0.2, -0.15) is 0 Å². The molecule has 0 unspecified atom stereocenters. The van der Waals surface area contributed by atoms with Crippen LogP contribution >= 0.6 is 11.3 Å². The zero-order valence-electron chi connectivity index (χ0n) is 17.2. The van der Waals surface area contributed by atoms with Crippen LogP contribution in [0.1, 0.15) is 38.3 Å². The summed E-state index contributed by atoms with van der Waals surface area (Å²) in [5, 5.41) is 4.11. The number of nitrogens with one attached hydrogen (secondary N) is 1. The lowest BCUT2D eigenvalue weighted by atomic mass is 9.92. The van der Waals surface area contributed by atoms with Crippen molar-refractivity contribution in [2.45, 2.75) is 38.1 Å². The lowest BCUT2D eigenvalue weighted by Gasteiger charge is -2.35. The second kappa shape index (κ2) is 8.49. The molecule has 3 aromatic heterocycles. The number of likely N-dealkylation sites (tertiary alicyclic amines) is 1. The molecule has 8 heteroatoms. The van der Waals surface area contributed by atoms with Crippen LogP contribution in [0.15, 0.2) is 48.9 Å². The minimum atomic E-state index is -0.822. The minimum Gasteiger partial charge on any atom is -0.341 e. The predicted octanol–water partition coefficient (Wildman–Crippen LogP) is 3.79. The molecule has 1 aliphatic rings. The Balaban J connectivity index is 1.40. The molecule has 0 spiro atoms. The summed E-state index contributed by atoms with van der Waals surface area (Å²) >= 11 is 1.57. The Bertz CT molecular complexity index is 1010. The molecule has 156 valence electrons. The molecule has 1 saturated heterocycles. The normalized spacial score (nSPS) is 15.2. The van der Waals surface area contributed by atoms with Crippen LogP contribution in [-0.2, 0) is 4.79 Å². The Morgan fingerprint density at radius 3 is 2.70 bits per heavy atom. The number of aromatic nitrogens is 3. The summed E-state index contributed by atoms with van der Waals surface area (Å²) in [5.41, 5.74) is 7.24. The third-order valence-corrected chi connectivity index (χ3v) is 6.17. The average molecular weight is 423 g/mol. The van der Waals surface area contributed by atoms with Crippen LogP contribution in [0, 0.1) is 0 Å². The summed E-state index contributed by atoms with van der Waals surface area (Å²) in [5.74, 6) is 1.12. The molecule has 4 heterocycles. The standard InChI is InChI=1S/C22H26N6OS/c1-22(2,23)20(29)28-11-8-15(9-12-28)17-6-3-7-19(26-17)27-21-25-14-18(30-21)16-5-4-10-24-13-16/h3-7,10,13-15H,8-9,11-12,23H2,1-2H3,(H,25,26,27). The molecule has 7 nitrogen and oxygen atoms in total. The van der Waals surface area contributed by atoms with Crippen LogP contribution in [0.2, 0.25) is 0 Å². The highest BCUT2D eigenvalue weighted by Gasteiger charge is 2.31. The molecule has 0 aromatic carbocycles. The maximum absolute atomic E-state index is 12.4. The Hall–Kier alpha value is -2.84. The molecule has 3 aromatic rings. The first-order chi connectivity index (χ1) is 14.4. The van der Waals surface area contributed by atoms with Gasteiger partial charge >= 0.3 is 0 Å². The number of thiazole rings is 1. The zero-order chi connectivity index (χ0) is 21.1. The molecule has 0 bridgehead atoms. The van der Waals surface area contributed by atoms with E-state index < -0.39 is 5.54 Å². The monoisotopic (exact) mass is 422 g/mol. The fraction of sp³-hybridized carbons (Fsp3) is 0.364. The summed E-state index contributed by atoms with van der Waals surface area (Å²) < 4.78 is 0. The van der Waals surface area contributed by atoms with Crippen molar-refractivity contribution in [2.24, 2.45) is 5.73 Å². The van der Waals surface area contributed by atoms with Crippen molar-refractivity contribution in [1.82, 2.24) is 19.9 Å². The number of hydrogen-bond donors (Lipinski definition) is 2. The minimum absolute atomic E-state index is 0.0116. The Morgan fingerprint density at radius 2 is 2.00 bits per heavy atom. The smallest absolute Gasteiger partial charge is 0.242 e. The van der Waals surface area contributed by atoms with E-state index in [1.54, 1.807) is 31.4 Å². The summed E-state index contributed by atoms with van der Waals surface area (Å²) in [6, 6.07) is 9.96. The fourth-order valence-corrected chi connectivity index (χ4v) is 4.43. The molecular formula is C22H26N6OS. The summed E-state index contributed by atoms with van der Waals surface area (Å²) in [4.78, 5) is 28.8.